The van der Waals surface area contributed by atoms with Crippen LogP contribution in [0.4, 0.5) is 0 Å². The van der Waals surface area contributed by atoms with E-state index in [0.717, 1.165) is 29.8 Å². The molecule has 2 heterocycles. The van der Waals surface area contributed by atoms with Crippen LogP contribution in [0.3, 0.4) is 0 Å². The van der Waals surface area contributed by atoms with Crippen molar-refractivity contribution in [1.29, 1.82) is 0 Å². The summed E-state index contributed by atoms with van der Waals surface area (Å²) in [6, 6.07) is 2.03. The summed E-state index contributed by atoms with van der Waals surface area (Å²) in [6.45, 7) is 9.93. The highest BCUT2D eigenvalue weighted by molar-refractivity contribution is 5.03. The van der Waals surface area contributed by atoms with Gasteiger partial charge in [-0.2, -0.15) is 0 Å². The van der Waals surface area contributed by atoms with Gasteiger partial charge in [-0.3, -0.25) is 4.90 Å². The van der Waals surface area contributed by atoms with Crippen molar-refractivity contribution in [2.24, 2.45) is 11.8 Å². The maximum atomic E-state index is 5.07. The zero-order valence-electron chi connectivity index (χ0n) is 9.86. The molecule has 0 radical (unpaired) electrons. The molecule has 1 atom stereocenters. The van der Waals surface area contributed by atoms with Crippen LogP contribution in [0.25, 0.3) is 0 Å². The first kappa shape index (κ1) is 10.7. The lowest BCUT2D eigenvalue weighted by Crippen LogP contribution is -2.21. The average Bonchev–Trinajstić information content (AvgIpc) is 2.76. The number of hydrogen-bond donors (Lipinski definition) is 0. The Morgan fingerprint density at radius 1 is 1.60 bits per heavy atom. The van der Waals surface area contributed by atoms with E-state index in [9.17, 15) is 0 Å². The molecular formula is C12H20N2O. The van der Waals surface area contributed by atoms with Gasteiger partial charge in [-0.1, -0.05) is 19.0 Å². The van der Waals surface area contributed by atoms with Crippen LogP contribution in [0.5, 0.6) is 0 Å². The minimum absolute atomic E-state index is 0.800. The van der Waals surface area contributed by atoms with Gasteiger partial charge in [0.25, 0.3) is 0 Å². The van der Waals surface area contributed by atoms with Gasteiger partial charge in [0.1, 0.15) is 5.76 Å². The third-order valence-corrected chi connectivity index (χ3v) is 3.31. The van der Waals surface area contributed by atoms with Crippen LogP contribution in [-0.2, 0) is 6.54 Å². The summed E-state index contributed by atoms with van der Waals surface area (Å²) in [5.74, 6) is 2.57. The summed E-state index contributed by atoms with van der Waals surface area (Å²) < 4.78 is 5.07. The van der Waals surface area contributed by atoms with E-state index in [0.29, 0.717) is 0 Å². The molecular weight excluding hydrogens is 188 g/mol. The fourth-order valence-corrected chi connectivity index (χ4v) is 2.27. The molecule has 0 amide bonds. The molecule has 2 rings (SSSR count). The highest BCUT2D eigenvalue weighted by Gasteiger charge is 2.25. The van der Waals surface area contributed by atoms with Crippen LogP contribution in [-0.4, -0.2) is 23.1 Å². The predicted molar refractivity (Wildman–Crippen MR) is 59.5 cm³/mol. The van der Waals surface area contributed by atoms with Gasteiger partial charge in [-0.15, -0.1) is 0 Å². The molecule has 1 aliphatic heterocycles. The molecule has 1 fully saturated rings. The van der Waals surface area contributed by atoms with Crippen LogP contribution in [0.15, 0.2) is 10.6 Å². The molecule has 0 spiro atoms. The second-order valence-electron chi connectivity index (χ2n) is 4.96. The van der Waals surface area contributed by atoms with Gasteiger partial charge in [0.05, 0.1) is 5.69 Å². The monoisotopic (exact) mass is 208 g/mol. The molecule has 3 heteroatoms. The van der Waals surface area contributed by atoms with E-state index in [1.54, 1.807) is 0 Å². The van der Waals surface area contributed by atoms with E-state index in [-0.39, 0.29) is 0 Å². The van der Waals surface area contributed by atoms with E-state index in [2.05, 4.69) is 23.9 Å². The van der Waals surface area contributed by atoms with Gasteiger partial charge in [0, 0.05) is 19.2 Å². The number of likely N-dealkylation sites (tertiary alicyclic amines) is 1. The van der Waals surface area contributed by atoms with Gasteiger partial charge >= 0.3 is 0 Å². The minimum Gasteiger partial charge on any atom is -0.361 e. The van der Waals surface area contributed by atoms with E-state index in [1.165, 1.54) is 19.5 Å². The molecule has 1 aliphatic rings. The van der Waals surface area contributed by atoms with E-state index in [4.69, 9.17) is 4.52 Å². The van der Waals surface area contributed by atoms with Crippen LogP contribution in [0.2, 0.25) is 0 Å². The Morgan fingerprint density at radius 3 is 2.93 bits per heavy atom. The normalized spacial score (nSPS) is 22.8. The summed E-state index contributed by atoms with van der Waals surface area (Å²) >= 11 is 0. The summed E-state index contributed by atoms with van der Waals surface area (Å²) in [5, 5.41) is 4.03. The zero-order valence-corrected chi connectivity index (χ0v) is 9.86. The molecule has 1 aromatic heterocycles. The van der Waals surface area contributed by atoms with Crippen LogP contribution in [0, 0.1) is 18.8 Å². The fourth-order valence-electron chi connectivity index (χ4n) is 2.27. The largest absolute Gasteiger partial charge is 0.361 e. The molecule has 1 saturated heterocycles. The third-order valence-electron chi connectivity index (χ3n) is 3.31. The zero-order chi connectivity index (χ0) is 10.8. The Labute approximate surface area is 91.4 Å². The topological polar surface area (TPSA) is 29.3 Å². The van der Waals surface area contributed by atoms with Crippen molar-refractivity contribution in [3.8, 4) is 0 Å². The molecule has 0 aliphatic carbocycles. The van der Waals surface area contributed by atoms with E-state index >= 15 is 0 Å². The lowest BCUT2D eigenvalue weighted by Gasteiger charge is -2.16. The van der Waals surface area contributed by atoms with Crippen molar-refractivity contribution in [3.05, 3.63) is 17.5 Å². The molecule has 0 saturated carbocycles. The lowest BCUT2D eigenvalue weighted by atomic mass is 9.95. The first-order valence-corrected chi connectivity index (χ1v) is 5.79. The maximum absolute atomic E-state index is 5.07. The summed E-state index contributed by atoms with van der Waals surface area (Å²) in [7, 11) is 0. The predicted octanol–water partition coefficient (Wildman–Crippen LogP) is 2.46. The van der Waals surface area contributed by atoms with Crippen molar-refractivity contribution < 1.29 is 4.52 Å². The molecule has 1 unspecified atom stereocenters. The van der Waals surface area contributed by atoms with Gasteiger partial charge < -0.3 is 4.52 Å². The fraction of sp³-hybridized carbons (Fsp3) is 0.750. The standard InChI is InChI=1S/C12H20N2O/c1-9(2)11-4-5-14(7-11)8-12-6-10(3)15-13-12/h6,9,11H,4-5,7-8H2,1-3H3. The van der Waals surface area contributed by atoms with Crippen molar-refractivity contribution in [2.45, 2.75) is 33.7 Å². The SMILES string of the molecule is Cc1cc(CN2CCC(C(C)C)C2)no1. The van der Waals surface area contributed by atoms with Gasteiger partial charge in [-0.05, 0) is 31.7 Å². The molecule has 1 aromatic rings. The summed E-state index contributed by atoms with van der Waals surface area (Å²) in [5.41, 5.74) is 1.07. The van der Waals surface area contributed by atoms with E-state index < -0.39 is 0 Å². The molecule has 15 heavy (non-hydrogen) atoms. The van der Waals surface area contributed by atoms with Crippen molar-refractivity contribution in [2.75, 3.05) is 13.1 Å². The Balaban J connectivity index is 1.87. The molecule has 84 valence electrons. The van der Waals surface area contributed by atoms with Crippen molar-refractivity contribution in [1.82, 2.24) is 10.1 Å². The number of nitrogens with zero attached hydrogens (tertiary/aromatic N) is 2. The third kappa shape index (κ3) is 2.59. The molecule has 0 N–H and O–H groups in total. The molecule has 0 bridgehead atoms. The second kappa shape index (κ2) is 4.35. The number of aromatic nitrogens is 1. The first-order chi connectivity index (χ1) is 7.15. The smallest absolute Gasteiger partial charge is 0.133 e. The second-order valence-corrected chi connectivity index (χ2v) is 4.96. The summed E-state index contributed by atoms with van der Waals surface area (Å²) in [4.78, 5) is 2.47. The van der Waals surface area contributed by atoms with Gasteiger partial charge in [0.2, 0.25) is 0 Å². The highest BCUT2D eigenvalue weighted by atomic mass is 16.5. The number of aryl methyl sites for hydroxylation is 1. The van der Waals surface area contributed by atoms with Gasteiger partial charge in [-0.25, -0.2) is 0 Å². The Bertz CT molecular complexity index is 319. The first-order valence-electron chi connectivity index (χ1n) is 5.79. The number of hydrogen-bond acceptors (Lipinski definition) is 3. The molecule has 3 nitrogen and oxygen atoms in total. The lowest BCUT2D eigenvalue weighted by molar-refractivity contribution is 0.285. The van der Waals surface area contributed by atoms with E-state index in [1.807, 2.05) is 13.0 Å². The highest BCUT2D eigenvalue weighted by Crippen LogP contribution is 2.24. The summed E-state index contributed by atoms with van der Waals surface area (Å²) in [6.07, 6.45) is 1.33. The van der Waals surface area contributed by atoms with Crippen molar-refractivity contribution >= 4 is 0 Å². The van der Waals surface area contributed by atoms with Gasteiger partial charge in [0.15, 0.2) is 0 Å². The minimum atomic E-state index is 0.800. The van der Waals surface area contributed by atoms with Crippen LogP contribution in [0.1, 0.15) is 31.7 Å². The number of rotatable bonds is 3. The Morgan fingerprint density at radius 2 is 2.40 bits per heavy atom. The Hall–Kier alpha value is -0.830. The maximum Gasteiger partial charge on any atom is 0.133 e. The quantitative estimate of drug-likeness (QED) is 0.764. The Kier molecular flexibility index (Phi) is 3.10. The van der Waals surface area contributed by atoms with Crippen LogP contribution < -0.4 is 0 Å². The van der Waals surface area contributed by atoms with Crippen LogP contribution >= 0.6 is 0 Å². The van der Waals surface area contributed by atoms with Crippen molar-refractivity contribution in [3.63, 3.8) is 0 Å². The average molecular weight is 208 g/mol. The molecule has 0 aromatic carbocycles.